The van der Waals surface area contributed by atoms with Gasteiger partial charge < -0.3 is 10.1 Å². The van der Waals surface area contributed by atoms with E-state index in [1.54, 1.807) is 11.6 Å². The Morgan fingerprint density at radius 3 is 2.50 bits per heavy atom. The van der Waals surface area contributed by atoms with Crippen LogP contribution in [0, 0.1) is 12.8 Å². The summed E-state index contributed by atoms with van der Waals surface area (Å²) in [5.41, 5.74) is 1.66. The van der Waals surface area contributed by atoms with Crippen LogP contribution in [0.2, 0.25) is 5.15 Å². The van der Waals surface area contributed by atoms with Gasteiger partial charge in [0, 0.05) is 6.54 Å². The first-order chi connectivity index (χ1) is 12.3. The van der Waals surface area contributed by atoms with Crippen molar-refractivity contribution in [1.29, 1.82) is 0 Å². The summed E-state index contributed by atoms with van der Waals surface area (Å²) in [5, 5.41) is 7.30. The summed E-state index contributed by atoms with van der Waals surface area (Å²) in [5.74, 6) is -0.691. The summed E-state index contributed by atoms with van der Waals surface area (Å²) in [6, 6.07) is 9.37. The van der Waals surface area contributed by atoms with E-state index in [0.29, 0.717) is 18.2 Å². The molecule has 2 aromatic rings. The second-order valence-electron chi connectivity index (χ2n) is 6.60. The monoisotopic (exact) mass is 377 g/mol. The molecule has 140 valence electrons. The van der Waals surface area contributed by atoms with E-state index >= 15 is 0 Å². The van der Waals surface area contributed by atoms with Crippen molar-refractivity contribution < 1.29 is 14.3 Å². The first-order valence-electron chi connectivity index (χ1n) is 8.54. The van der Waals surface area contributed by atoms with Crippen LogP contribution in [0.5, 0.6) is 0 Å². The van der Waals surface area contributed by atoms with Crippen LogP contribution in [0.4, 0.5) is 0 Å². The van der Waals surface area contributed by atoms with Gasteiger partial charge in [-0.2, -0.15) is 5.10 Å². The van der Waals surface area contributed by atoms with Crippen molar-refractivity contribution in [1.82, 2.24) is 15.1 Å². The van der Waals surface area contributed by atoms with Gasteiger partial charge in [0.15, 0.2) is 6.61 Å². The molecule has 1 amide bonds. The third-order valence-corrected chi connectivity index (χ3v) is 4.20. The number of amides is 1. The highest BCUT2D eigenvalue weighted by atomic mass is 35.5. The average molecular weight is 378 g/mol. The summed E-state index contributed by atoms with van der Waals surface area (Å²) in [6.07, 6.45) is 0. The number of ether oxygens (including phenoxy) is 1. The minimum Gasteiger partial charge on any atom is -0.452 e. The van der Waals surface area contributed by atoms with E-state index in [4.69, 9.17) is 16.3 Å². The Morgan fingerprint density at radius 2 is 1.88 bits per heavy atom. The Labute approximate surface area is 158 Å². The highest BCUT2D eigenvalue weighted by Crippen LogP contribution is 2.21. The topological polar surface area (TPSA) is 73.2 Å². The summed E-state index contributed by atoms with van der Waals surface area (Å²) in [4.78, 5) is 24.3. The molecule has 1 heterocycles. The average Bonchev–Trinajstić information content (AvgIpc) is 2.86. The Balaban J connectivity index is 1.94. The fourth-order valence-electron chi connectivity index (χ4n) is 2.56. The zero-order valence-corrected chi connectivity index (χ0v) is 16.2. The maximum atomic E-state index is 12.3. The maximum Gasteiger partial charge on any atom is 0.343 e. The van der Waals surface area contributed by atoms with E-state index in [-0.39, 0.29) is 29.3 Å². The largest absolute Gasteiger partial charge is 0.452 e. The number of carbonyl (C=O) groups is 2. The zero-order chi connectivity index (χ0) is 19.3. The standard InChI is InChI=1S/C19H24ClN3O3/c1-12(2)10-23-18(20)17(14(4)22-23)19(25)26-11-16(24)21-13(3)15-8-6-5-7-9-15/h5-9,12-13H,10-11H2,1-4H3,(H,21,24)/t13-/m0/s1. The summed E-state index contributed by atoms with van der Waals surface area (Å²) in [7, 11) is 0. The number of aromatic nitrogens is 2. The predicted octanol–water partition coefficient (Wildman–Crippen LogP) is 3.54. The van der Waals surface area contributed by atoms with Crippen LogP contribution >= 0.6 is 11.6 Å². The van der Waals surface area contributed by atoms with Crippen molar-refractivity contribution in [3.05, 3.63) is 52.3 Å². The van der Waals surface area contributed by atoms with Crippen LogP contribution < -0.4 is 5.32 Å². The quantitative estimate of drug-likeness (QED) is 0.749. The molecule has 1 aromatic carbocycles. The summed E-state index contributed by atoms with van der Waals surface area (Å²) >= 11 is 6.25. The van der Waals surface area contributed by atoms with Crippen molar-refractivity contribution in [3.63, 3.8) is 0 Å². The summed E-state index contributed by atoms with van der Waals surface area (Å²) < 4.78 is 6.70. The fraction of sp³-hybridized carbons (Fsp3) is 0.421. The molecule has 0 aliphatic heterocycles. The van der Waals surface area contributed by atoms with Crippen molar-refractivity contribution in [3.8, 4) is 0 Å². The molecule has 0 aliphatic carbocycles. The van der Waals surface area contributed by atoms with Gasteiger partial charge in [0.1, 0.15) is 10.7 Å². The van der Waals surface area contributed by atoms with Crippen molar-refractivity contribution in [2.24, 2.45) is 5.92 Å². The molecular formula is C19H24ClN3O3. The molecule has 0 unspecified atom stereocenters. The number of aryl methyl sites for hydroxylation is 1. The molecule has 0 radical (unpaired) electrons. The van der Waals surface area contributed by atoms with Crippen molar-refractivity contribution in [2.75, 3.05) is 6.61 Å². The van der Waals surface area contributed by atoms with Gasteiger partial charge >= 0.3 is 5.97 Å². The van der Waals surface area contributed by atoms with Gasteiger partial charge in [-0.25, -0.2) is 4.79 Å². The normalized spacial score (nSPS) is 12.1. The molecule has 0 bridgehead atoms. The smallest absolute Gasteiger partial charge is 0.343 e. The molecule has 2 rings (SSSR count). The van der Waals surface area contributed by atoms with Crippen LogP contribution in [-0.2, 0) is 16.1 Å². The zero-order valence-electron chi connectivity index (χ0n) is 15.5. The summed E-state index contributed by atoms with van der Waals surface area (Å²) in [6.45, 7) is 7.85. The van der Waals surface area contributed by atoms with Crippen LogP contribution in [-0.4, -0.2) is 28.3 Å². The van der Waals surface area contributed by atoms with E-state index in [0.717, 1.165) is 5.56 Å². The van der Waals surface area contributed by atoms with Gasteiger partial charge in [0.2, 0.25) is 0 Å². The predicted molar refractivity (Wildman–Crippen MR) is 100 cm³/mol. The minimum absolute atomic E-state index is 0.179. The van der Waals surface area contributed by atoms with Crippen LogP contribution in [0.15, 0.2) is 30.3 Å². The fourth-order valence-corrected chi connectivity index (χ4v) is 2.88. The van der Waals surface area contributed by atoms with E-state index in [1.165, 1.54) is 0 Å². The Kier molecular flexibility index (Phi) is 6.80. The highest BCUT2D eigenvalue weighted by molar-refractivity contribution is 6.32. The maximum absolute atomic E-state index is 12.3. The third kappa shape index (κ3) is 5.08. The van der Waals surface area contributed by atoms with Gasteiger partial charge in [-0.15, -0.1) is 0 Å². The lowest BCUT2D eigenvalue weighted by molar-refractivity contribution is -0.124. The number of hydrogen-bond acceptors (Lipinski definition) is 4. The molecule has 0 aliphatic rings. The van der Waals surface area contributed by atoms with E-state index in [2.05, 4.69) is 10.4 Å². The molecule has 0 saturated carbocycles. The van der Waals surface area contributed by atoms with Crippen molar-refractivity contribution in [2.45, 2.75) is 40.3 Å². The Morgan fingerprint density at radius 1 is 1.23 bits per heavy atom. The molecule has 26 heavy (non-hydrogen) atoms. The van der Waals surface area contributed by atoms with Gasteiger partial charge in [-0.1, -0.05) is 55.8 Å². The molecule has 1 N–H and O–H groups in total. The number of nitrogens with zero attached hydrogens (tertiary/aromatic N) is 2. The van der Waals surface area contributed by atoms with E-state index in [9.17, 15) is 9.59 Å². The molecule has 0 saturated heterocycles. The lowest BCUT2D eigenvalue weighted by Crippen LogP contribution is -2.31. The van der Waals surface area contributed by atoms with Crippen LogP contribution in [0.3, 0.4) is 0 Å². The minimum atomic E-state index is -0.648. The van der Waals surface area contributed by atoms with Gasteiger partial charge in [-0.05, 0) is 25.3 Å². The second-order valence-corrected chi connectivity index (χ2v) is 6.96. The lowest BCUT2D eigenvalue weighted by atomic mass is 10.1. The number of carbonyl (C=O) groups excluding carboxylic acids is 2. The van der Waals surface area contributed by atoms with Crippen molar-refractivity contribution >= 4 is 23.5 Å². The SMILES string of the molecule is Cc1nn(CC(C)C)c(Cl)c1C(=O)OCC(=O)N[C@@H](C)c1ccccc1. The van der Waals surface area contributed by atoms with Gasteiger partial charge in [0.05, 0.1) is 11.7 Å². The highest BCUT2D eigenvalue weighted by Gasteiger charge is 2.23. The first-order valence-corrected chi connectivity index (χ1v) is 8.91. The molecule has 7 heteroatoms. The van der Waals surface area contributed by atoms with E-state index in [1.807, 2.05) is 51.1 Å². The molecular weight excluding hydrogens is 354 g/mol. The number of hydrogen-bond donors (Lipinski definition) is 1. The number of halogens is 1. The Hall–Kier alpha value is -2.34. The molecule has 0 fully saturated rings. The second kappa shape index (κ2) is 8.85. The van der Waals surface area contributed by atoms with Gasteiger partial charge in [0.25, 0.3) is 5.91 Å². The number of nitrogens with one attached hydrogen (secondary N) is 1. The lowest BCUT2D eigenvalue weighted by Gasteiger charge is -2.14. The van der Waals surface area contributed by atoms with E-state index < -0.39 is 5.97 Å². The molecule has 0 spiro atoms. The molecule has 6 nitrogen and oxygen atoms in total. The number of esters is 1. The Bertz CT molecular complexity index is 772. The first kappa shape index (κ1) is 20.0. The number of rotatable bonds is 7. The number of benzene rings is 1. The van der Waals surface area contributed by atoms with Gasteiger partial charge in [-0.3, -0.25) is 9.48 Å². The third-order valence-electron chi connectivity index (χ3n) is 3.82. The molecule has 1 aromatic heterocycles. The van der Waals surface area contributed by atoms with Crippen LogP contribution in [0.1, 0.15) is 48.4 Å². The molecule has 1 atom stereocenters. The van der Waals surface area contributed by atoms with Crippen LogP contribution in [0.25, 0.3) is 0 Å².